The summed E-state index contributed by atoms with van der Waals surface area (Å²) in [5, 5.41) is 5.56. The molecule has 0 bridgehead atoms. The summed E-state index contributed by atoms with van der Waals surface area (Å²) < 4.78 is 23.3. The Balaban J connectivity index is 2.20. The summed E-state index contributed by atoms with van der Waals surface area (Å²) in [5.41, 5.74) is 0.888. The van der Waals surface area contributed by atoms with Crippen molar-refractivity contribution in [2.45, 2.75) is 13.8 Å². The second kappa shape index (κ2) is 10.4. The third-order valence-corrected chi connectivity index (χ3v) is 4.86. The molecule has 0 aliphatic carbocycles. The second-order valence-corrected chi connectivity index (χ2v) is 6.80. The predicted octanol–water partition coefficient (Wildman–Crippen LogP) is 3.77. The van der Waals surface area contributed by atoms with Gasteiger partial charge in [0, 0.05) is 5.69 Å². The van der Waals surface area contributed by atoms with Crippen LogP contribution in [0.1, 0.15) is 32.5 Å². The van der Waals surface area contributed by atoms with Crippen LogP contribution in [0, 0.1) is 12.7 Å². The Labute approximate surface area is 171 Å². The van der Waals surface area contributed by atoms with Crippen LogP contribution in [0.2, 0.25) is 0 Å². The lowest BCUT2D eigenvalue weighted by Crippen LogP contribution is -2.22. The molecule has 2 aromatic rings. The minimum atomic E-state index is -0.655. The van der Waals surface area contributed by atoms with Crippen molar-refractivity contribution in [3.05, 3.63) is 58.7 Å². The van der Waals surface area contributed by atoms with Crippen LogP contribution in [0.25, 0.3) is 0 Å². The first kappa shape index (κ1) is 22.1. The molecule has 29 heavy (non-hydrogen) atoms. The van der Waals surface area contributed by atoms with E-state index in [1.165, 1.54) is 24.3 Å². The van der Waals surface area contributed by atoms with Crippen molar-refractivity contribution in [1.82, 2.24) is 0 Å². The predicted molar refractivity (Wildman–Crippen MR) is 109 cm³/mol. The number of hydrogen-bond acceptors (Lipinski definition) is 7. The lowest BCUT2D eigenvalue weighted by molar-refractivity contribution is -0.114. The van der Waals surface area contributed by atoms with E-state index in [1.54, 1.807) is 19.9 Å². The molecule has 9 heteroatoms. The average Bonchev–Trinajstić information content (AvgIpc) is 3.00. The van der Waals surface area contributed by atoms with E-state index < -0.39 is 23.7 Å². The van der Waals surface area contributed by atoms with Gasteiger partial charge in [-0.15, -0.1) is 11.3 Å². The Hall–Kier alpha value is -3.20. The number of anilines is 2. The second-order valence-electron chi connectivity index (χ2n) is 5.78. The number of hydrogen-bond donors (Lipinski definition) is 2. The van der Waals surface area contributed by atoms with Crippen molar-refractivity contribution in [1.29, 1.82) is 0 Å². The number of ether oxygens (including phenoxy) is 2. The van der Waals surface area contributed by atoms with E-state index >= 15 is 0 Å². The molecule has 0 radical (unpaired) electrons. The highest BCUT2D eigenvalue weighted by molar-refractivity contribution is 7.18. The maximum atomic E-state index is 13.2. The van der Waals surface area contributed by atoms with Crippen molar-refractivity contribution < 1.29 is 28.2 Å². The Morgan fingerprint density at radius 2 is 2.00 bits per heavy atom. The Kier molecular flexibility index (Phi) is 7.90. The van der Waals surface area contributed by atoms with Crippen LogP contribution in [-0.2, 0) is 14.3 Å². The van der Waals surface area contributed by atoms with Gasteiger partial charge in [-0.1, -0.05) is 18.7 Å². The summed E-state index contributed by atoms with van der Waals surface area (Å²) in [6.45, 7) is 6.70. The smallest absolute Gasteiger partial charge is 0.348 e. The van der Waals surface area contributed by atoms with Crippen LogP contribution < -0.4 is 10.6 Å². The highest BCUT2D eigenvalue weighted by Crippen LogP contribution is 2.34. The summed E-state index contributed by atoms with van der Waals surface area (Å²) in [6, 6.07) is 5.67. The highest BCUT2D eigenvalue weighted by Gasteiger charge is 2.27. The minimum absolute atomic E-state index is 0.0180. The fraction of sp³-hybridized carbons (Fsp3) is 0.250. The van der Waals surface area contributed by atoms with Gasteiger partial charge in [0.15, 0.2) is 0 Å². The van der Waals surface area contributed by atoms with Crippen LogP contribution in [0.5, 0.6) is 0 Å². The number of benzene rings is 1. The van der Waals surface area contributed by atoms with Gasteiger partial charge in [0.2, 0.25) is 5.91 Å². The molecule has 7 nitrogen and oxygen atoms in total. The van der Waals surface area contributed by atoms with Gasteiger partial charge in [-0.2, -0.15) is 0 Å². The molecule has 2 rings (SSSR count). The van der Waals surface area contributed by atoms with Crippen molar-refractivity contribution in [2.24, 2.45) is 0 Å². The van der Waals surface area contributed by atoms with Gasteiger partial charge in [-0.25, -0.2) is 14.0 Å². The summed E-state index contributed by atoms with van der Waals surface area (Å²) in [6.07, 6.45) is 1.42. The largest absolute Gasteiger partial charge is 0.462 e. The molecular formula is C20H21FN2O5S. The molecule has 1 aromatic heterocycles. The first-order valence-corrected chi connectivity index (χ1v) is 9.56. The molecule has 1 amide bonds. The normalized spacial score (nSPS) is 10.2. The van der Waals surface area contributed by atoms with Crippen molar-refractivity contribution in [2.75, 3.05) is 30.4 Å². The SMILES string of the molecule is C=CCOC(=O)c1sc(NC(=O)CNc2cccc(F)c2)c(C(=O)OCC)c1C. The van der Waals surface area contributed by atoms with Gasteiger partial charge >= 0.3 is 11.9 Å². The van der Waals surface area contributed by atoms with Crippen LogP contribution >= 0.6 is 11.3 Å². The fourth-order valence-corrected chi connectivity index (χ4v) is 3.50. The summed E-state index contributed by atoms with van der Waals surface area (Å²) in [5.74, 6) is -2.20. The van der Waals surface area contributed by atoms with E-state index in [1.807, 2.05) is 0 Å². The maximum absolute atomic E-state index is 13.2. The molecule has 0 atom stereocenters. The molecule has 0 spiro atoms. The fourth-order valence-electron chi connectivity index (χ4n) is 2.40. The molecule has 2 N–H and O–H groups in total. The third-order valence-electron chi connectivity index (χ3n) is 3.67. The van der Waals surface area contributed by atoms with Crippen molar-refractivity contribution >= 4 is 39.9 Å². The van der Waals surface area contributed by atoms with Gasteiger partial charge in [-0.05, 0) is 37.6 Å². The number of halogens is 1. The average molecular weight is 420 g/mol. The summed E-state index contributed by atoms with van der Waals surface area (Å²) in [7, 11) is 0. The van der Waals surface area contributed by atoms with Gasteiger partial charge in [0.1, 0.15) is 22.3 Å². The molecule has 0 saturated heterocycles. The van der Waals surface area contributed by atoms with Crippen LogP contribution in [-0.4, -0.2) is 37.6 Å². The number of carbonyl (C=O) groups is 3. The highest BCUT2D eigenvalue weighted by atomic mass is 32.1. The number of amides is 1. The molecule has 1 aromatic carbocycles. The molecule has 0 aliphatic rings. The number of nitrogens with one attached hydrogen (secondary N) is 2. The third kappa shape index (κ3) is 5.89. The van der Waals surface area contributed by atoms with Crippen LogP contribution in [0.3, 0.4) is 0 Å². The Bertz CT molecular complexity index is 926. The number of thiophene rings is 1. The van der Waals surface area contributed by atoms with Gasteiger partial charge in [0.25, 0.3) is 0 Å². The standard InChI is InChI=1S/C20H21FN2O5S/c1-4-9-28-20(26)17-12(3)16(19(25)27-5-2)18(29-17)23-15(24)11-22-14-8-6-7-13(21)10-14/h4,6-8,10,22H,1,5,9,11H2,2-3H3,(H,23,24). The number of rotatable bonds is 9. The molecule has 0 fully saturated rings. The van der Waals surface area contributed by atoms with Crippen LogP contribution in [0.15, 0.2) is 36.9 Å². The molecule has 0 aliphatic heterocycles. The van der Waals surface area contributed by atoms with E-state index in [9.17, 15) is 18.8 Å². The van der Waals surface area contributed by atoms with Crippen molar-refractivity contribution in [3.8, 4) is 0 Å². The summed E-state index contributed by atoms with van der Waals surface area (Å²) in [4.78, 5) is 37.1. The summed E-state index contributed by atoms with van der Waals surface area (Å²) >= 11 is 0.922. The Morgan fingerprint density at radius 1 is 1.24 bits per heavy atom. The van der Waals surface area contributed by atoms with E-state index in [4.69, 9.17) is 9.47 Å². The van der Waals surface area contributed by atoms with Crippen molar-refractivity contribution in [3.63, 3.8) is 0 Å². The van der Waals surface area contributed by atoms with E-state index in [0.29, 0.717) is 11.3 Å². The maximum Gasteiger partial charge on any atom is 0.348 e. The van der Waals surface area contributed by atoms with Crippen LogP contribution in [0.4, 0.5) is 15.1 Å². The number of carbonyl (C=O) groups excluding carboxylic acids is 3. The first-order chi connectivity index (χ1) is 13.9. The van der Waals surface area contributed by atoms with E-state index in [2.05, 4.69) is 17.2 Å². The zero-order valence-corrected chi connectivity index (χ0v) is 16.9. The minimum Gasteiger partial charge on any atom is -0.462 e. The van der Waals surface area contributed by atoms with E-state index in [-0.39, 0.29) is 35.2 Å². The molecule has 0 unspecified atom stereocenters. The molecule has 0 saturated carbocycles. The Morgan fingerprint density at radius 3 is 2.66 bits per heavy atom. The monoisotopic (exact) mass is 420 g/mol. The lowest BCUT2D eigenvalue weighted by atomic mass is 10.1. The zero-order chi connectivity index (χ0) is 21.4. The van der Waals surface area contributed by atoms with Gasteiger partial charge in [0.05, 0.1) is 18.7 Å². The van der Waals surface area contributed by atoms with E-state index in [0.717, 1.165) is 11.3 Å². The topological polar surface area (TPSA) is 93.7 Å². The van der Waals surface area contributed by atoms with Gasteiger partial charge < -0.3 is 20.1 Å². The lowest BCUT2D eigenvalue weighted by Gasteiger charge is -2.09. The molecule has 154 valence electrons. The first-order valence-electron chi connectivity index (χ1n) is 8.75. The number of esters is 2. The zero-order valence-electron chi connectivity index (χ0n) is 16.0. The quantitative estimate of drug-likeness (QED) is 0.474. The molecular weight excluding hydrogens is 399 g/mol. The van der Waals surface area contributed by atoms with Gasteiger partial charge in [-0.3, -0.25) is 4.79 Å². The molecule has 1 heterocycles.